The molecule has 0 aliphatic carbocycles. The summed E-state index contributed by atoms with van der Waals surface area (Å²) in [5.41, 5.74) is 1.33. The van der Waals surface area contributed by atoms with Crippen LogP contribution in [0.15, 0.2) is 69.6 Å². The maximum Gasteiger partial charge on any atom is 0.277 e. The van der Waals surface area contributed by atoms with Gasteiger partial charge in [-0.1, -0.05) is 32.4 Å². The van der Waals surface area contributed by atoms with E-state index in [2.05, 4.69) is 21.0 Å². The van der Waals surface area contributed by atoms with Gasteiger partial charge in [-0.15, -0.1) is 0 Å². The molecular weight excluding hydrogens is 533 g/mol. The predicted octanol–water partition coefficient (Wildman–Crippen LogP) is 4.90. The van der Waals surface area contributed by atoms with Crippen LogP contribution in [0.5, 0.6) is 5.88 Å². The maximum atomic E-state index is 13.9. The molecule has 3 aromatic heterocycles. The number of halogens is 1. The Morgan fingerprint density at radius 2 is 1.93 bits per heavy atom. The highest BCUT2D eigenvalue weighted by Crippen LogP contribution is 2.30. The van der Waals surface area contributed by atoms with Crippen molar-refractivity contribution in [2.24, 2.45) is 0 Å². The van der Waals surface area contributed by atoms with Gasteiger partial charge in [0.25, 0.3) is 5.56 Å². The zero-order valence-corrected chi connectivity index (χ0v) is 23.1. The molecule has 9 nitrogen and oxygen atoms in total. The molecule has 1 N–H and O–H groups in total. The largest absolute Gasteiger partial charge is 0.492 e. The number of pyridine rings is 2. The van der Waals surface area contributed by atoms with Crippen molar-refractivity contribution in [3.63, 3.8) is 0 Å². The molecule has 4 rings (SSSR count). The zero-order valence-electron chi connectivity index (χ0n) is 22.3. The number of nitriles is 1. The predicted molar refractivity (Wildman–Crippen MR) is 146 cm³/mol. The summed E-state index contributed by atoms with van der Waals surface area (Å²) in [5, 5.41) is 19.7. The Balaban J connectivity index is 1.88. The number of aryl methyl sites for hydroxylation is 1. The molecule has 0 bridgehead atoms. The highest BCUT2D eigenvalue weighted by atomic mass is 32.2. The Labute approximate surface area is 231 Å². The van der Waals surface area contributed by atoms with Crippen LogP contribution in [-0.2, 0) is 16.3 Å². The average molecular weight is 562 g/mol. The number of hydrogen-bond acceptors (Lipinski definition) is 8. The number of aromatic hydroxyl groups is 1. The van der Waals surface area contributed by atoms with Gasteiger partial charge >= 0.3 is 0 Å². The lowest BCUT2D eigenvalue weighted by Crippen LogP contribution is -2.33. The van der Waals surface area contributed by atoms with Crippen molar-refractivity contribution < 1.29 is 17.9 Å². The van der Waals surface area contributed by atoms with Crippen LogP contribution in [0.3, 0.4) is 0 Å². The first kappa shape index (κ1) is 28.6. The zero-order chi connectivity index (χ0) is 29.0. The fourth-order valence-electron chi connectivity index (χ4n) is 4.63. The molecule has 0 spiro atoms. The fourth-order valence-corrected chi connectivity index (χ4v) is 5.89. The van der Waals surface area contributed by atoms with Crippen molar-refractivity contribution in [1.82, 2.24) is 19.5 Å². The van der Waals surface area contributed by atoms with E-state index in [9.17, 15) is 28.0 Å². The number of nitrogens with zero attached hydrogens (tertiary/aromatic N) is 5. The summed E-state index contributed by atoms with van der Waals surface area (Å²) in [6.45, 7) is 5.35. The number of benzene rings is 1. The molecule has 3 heterocycles. The average Bonchev–Trinajstić information content (AvgIpc) is 2.95. The van der Waals surface area contributed by atoms with Crippen LogP contribution in [0.2, 0.25) is 0 Å². The van der Waals surface area contributed by atoms with E-state index < -0.39 is 43.2 Å². The third kappa shape index (κ3) is 5.35. The second kappa shape index (κ2) is 11.8. The summed E-state index contributed by atoms with van der Waals surface area (Å²) in [5.74, 6) is -1.30. The Morgan fingerprint density at radius 3 is 2.58 bits per heavy atom. The number of unbranched alkanes of at least 4 members (excludes halogenated alkanes) is 1. The lowest BCUT2D eigenvalue weighted by atomic mass is 10.0. The maximum absolute atomic E-state index is 13.9. The molecule has 0 aliphatic heterocycles. The Kier molecular flexibility index (Phi) is 8.40. The van der Waals surface area contributed by atoms with Gasteiger partial charge < -0.3 is 5.11 Å². The van der Waals surface area contributed by atoms with Crippen molar-refractivity contribution in [3.8, 4) is 23.1 Å². The van der Waals surface area contributed by atoms with Crippen molar-refractivity contribution in [2.75, 3.05) is 0 Å². The van der Waals surface area contributed by atoms with E-state index in [0.29, 0.717) is 41.5 Å². The lowest BCUT2D eigenvalue weighted by Gasteiger charge is -2.23. The first-order chi connectivity index (χ1) is 19.1. The molecule has 11 heteroatoms. The van der Waals surface area contributed by atoms with E-state index in [0.717, 1.165) is 6.42 Å². The number of aromatic nitrogens is 4. The van der Waals surface area contributed by atoms with E-state index in [-0.39, 0.29) is 11.4 Å². The standard InChI is InChI=1S/C29H28FN5O4S/c1-4-6-10-24-34-28(36)26(29(37)35(24)23(5-2)20-9-7-8-19(15-20)16-31)40(38,39)25-12-11-21(17-33-25)22-13-14-32-27(30)18(22)3/h7-9,11-15,17,23,36H,4-6,10H2,1-3H3/t23-/m0/s1. The van der Waals surface area contributed by atoms with Gasteiger partial charge in [0.15, 0.2) is 5.03 Å². The molecule has 206 valence electrons. The molecule has 0 saturated carbocycles. The summed E-state index contributed by atoms with van der Waals surface area (Å²) in [4.78, 5) is 24.9. The minimum absolute atomic E-state index is 0.246. The molecule has 4 aromatic rings. The molecule has 0 fully saturated rings. The first-order valence-corrected chi connectivity index (χ1v) is 14.3. The van der Waals surface area contributed by atoms with Crippen LogP contribution in [0.1, 0.15) is 61.7 Å². The first-order valence-electron chi connectivity index (χ1n) is 12.8. The van der Waals surface area contributed by atoms with Crippen molar-refractivity contribution in [1.29, 1.82) is 5.26 Å². The van der Waals surface area contributed by atoms with Gasteiger partial charge in [0.2, 0.25) is 26.6 Å². The van der Waals surface area contributed by atoms with Crippen LogP contribution in [-0.4, -0.2) is 33.0 Å². The summed E-state index contributed by atoms with van der Waals surface area (Å²) in [6, 6.07) is 12.4. The fraction of sp³-hybridized carbons (Fsp3) is 0.276. The summed E-state index contributed by atoms with van der Waals surface area (Å²) >= 11 is 0. The highest BCUT2D eigenvalue weighted by Gasteiger charge is 2.32. The smallest absolute Gasteiger partial charge is 0.277 e. The molecule has 1 aromatic carbocycles. The van der Waals surface area contributed by atoms with Crippen LogP contribution >= 0.6 is 0 Å². The van der Waals surface area contributed by atoms with Gasteiger partial charge in [0.1, 0.15) is 5.82 Å². The molecule has 0 aliphatic rings. The van der Waals surface area contributed by atoms with E-state index in [4.69, 9.17) is 0 Å². The van der Waals surface area contributed by atoms with Crippen molar-refractivity contribution in [3.05, 3.63) is 93.7 Å². The van der Waals surface area contributed by atoms with Crippen molar-refractivity contribution >= 4 is 9.84 Å². The van der Waals surface area contributed by atoms with Crippen LogP contribution in [0.25, 0.3) is 11.1 Å². The molecular formula is C29H28FN5O4S. The second-order valence-electron chi connectivity index (χ2n) is 9.28. The number of rotatable bonds is 9. The second-order valence-corrected chi connectivity index (χ2v) is 11.1. The molecule has 1 atom stereocenters. The monoisotopic (exact) mass is 561 g/mol. The highest BCUT2D eigenvalue weighted by molar-refractivity contribution is 7.91. The summed E-state index contributed by atoms with van der Waals surface area (Å²) < 4.78 is 42.6. The van der Waals surface area contributed by atoms with Crippen LogP contribution < -0.4 is 5.56 Å². The van der Waals surface area contributed by atoms with Gasteiger partial charge in [0.05, 0.1) is 17.7 Å². The van der Waals surface area contributed by atoms with E-state index in [1.165, 1.54) is 29.1 Å². The van der Waals surface area contributed by atoms with Gasteiger partial charge in [-0.25, -0.2) is 18.4 Å². The van der Waals surface area contributed by atoms with E-state index in [1.807, 2.05) is 13.8 Å². The number of sulfone groups is 1. The molecule has 0 amide bonds. The summed E-state index contributed by atoms with van der Waals surface area (Å²) in [7, 11) is -4.61. The van der Waals surface area contributed by atoms with Crippen LogP contribution in [0.4, 0.5) is 4.39 Å². The Bertz CT molecular complexity index is 1760. The molecule has 0 unspecified atom stereocenters. The van der Waals surface area contributed by atoms with Crippen molar-refractivity contribution in [2.45, 2.75) is 62.4 Å². The van der Waals surface area contributed by atoms with Gasteiger partial charge in [-0.05, 0) is 61.2 Å². The summed E-state index contributed by atoms with van der Waals surface area (Å²) in [6.07, 6.45) is 4.73. The third-order valence-corrected chi connectivity index (χ3v) is 8.40. The van der Waals surface area contributed by atoms with Crippen LogP contribution in [0, 0.1) is 24.2 Å². The minimum Gasteiger partial charge on any atom is -0.492 e. The molecule has 0 radical (unpaired) electrons. The molecule has 0 saturated heterocycles. The number of hydrogen-bond donors (Lipinski definition) is 1. The van der Waals surface area contributed by atoms with Gasteiger partial charge in [-0.2, -0.15) is 14.6 Å². The Morgan fingerprint density at radius 1 is 1.15 bits per heavy atom. The topological polar surface area (TPSA) is 139 Å². The quantitative estimate of drug-likeness (QED) is 0.285. The SMILES string of the molecule is CCCCc1nc(O)c(S(=O)(=O)c2ccc(-c3ccnc(F)c3C)cn2)c(=O)n1[C@@H](CC)c1cccc(C#N)c1. The normalized spacial score (nSPS) is 12.2. The minimum atomic E-state index is -4.61. The molecule has 40 heavy (non-hydrogen) atoms. The van der Waals surface area contributed by atoms with E-state index in [1.54, 1.807) is 37.3 Å². The lowest BCUT2D eigenvalue weighted by molar-refractivity contribution is 0.406. The Hall–Kier alpha value is -4.43. The van der Waals surface area contributed by atoms with E-state index >= 15 is 0 Å². The van der Waals surface area contributed by atoms with Gasteiger partial charge in [0, 0.05) is 29.9 Å². The van der Waals surface area contributed by atoms with Gasteiger partial charge in [-0.3, -0.25) is 9.36 Å². The third-order valence-electron chi connectivity index (χ3n) is 6.72.